The van der Waals surface area contributed by atoms with Gasteiger partial charge in [0.15, 0.2) is 0 Å². The van der Waals surface area contributed by atoms with Gasteiger partial charge in [0.1, 0.15) is 5.54 Å². The van der Waals surface area contributed by atoms with Crippen LogP contribution in [0.5, 0.6) is 0 Å². The van der Waals surface area contributed by atoms with Gasteiger partial charge in [-0.1, -0.05) is 6.92 Å². The van der Waals surface area contributed by atoms with Crippen molar-refractivity contribution < 1.29 is 14.7 Å². The van der Waals surface area contributed by atoms with Crippen molar-refractivity contribution in [1.29, 1.82) is 0 Å². The van der Waals surface area contributed by atoms with Gasteiger partial charge < -0.3 is 15.7 Å². The lowest BCUT2D eigenvalue weighted by molar-refractivity contribution is -0.150. The molecule has 0 aromatic heterocycles. The number of carboxylic acids is 1. The molecule has 0 unspecified atom stereocenters. The number of hydrogen-bond acceptors (Lipinski definition) is 3. The Morgan fingerprint density at radius 2 is 1.94 bits per heavy atom. The predicted molar refractivity (Wildman–Crippen MR) is 67.2 cm³/mol. The molecule has 1 aliphatic carbocycles. The molecule has 5 heteroatoms. The SMILES string of the molecule is CC1CCC(NC(=O)[C@@H]2CCCN2)(C(=O)O)CC1. The monoisotopic (exact) mass is 254 g/mol. The minimum absolute atomic E-state index is 0.149. The van der Waals surface area contributed by atoms with E-state index in [0.717, 1.165) is 32.2 Å². The van der Waals surface area contributed by atoms with E-state index in [4.69, 9.17) is 0 Å². The van der Waals surface area contributed by atoms with Crippen LogP contribution >= 0.6 is 0 Å². The molecule has 18 heavy (non-hydrogen) atoms. The minimum atomic E-state index is -1.03. The quantitative estimate of drug-likeness (QED) is 0.699. The minimum Gasteiger partial charge on any atom is -0.480 e. The van der Waals surface area contributed by atoms with Gasteiger partial charge in [-0.25, -0.2) is 4.79 Å². The van der Waals surface area contributed by atoms with E-state index in [-0.39, 0.29) is 11.9 Å². The second kappa shape index (κ2) is 5.26. The van der Waals surface area contributed by atoms with Gasteiger partial charge in [-0.05, 0) is 51.0 Å². The molecule has 1 aliphatic heterocycles. The summed E-state index contributed by atoms with van der Waals surface area (Å²) in [6.07, 6.45) is 4.60. The number of hydrogen-bond donors (Lipinski definition) is 3. The maximum atomic E-state index is 12.1. The van der Waals surface area contributed by atoms with Crippen molar-refractivity contribution in [3.8, 4) is 0 Å². The number of nitrogens with one attached hydrogen (secondary N) is 2. The first-order chi connectivity index (χ1) is 8.53. The molecule has 2 aliphatic rings. The van der Waals surface area contributed by atoms with Crippen LogP contribution in [-0.4, -0.2) is 35.1 Å². The highest BCUT2D eigenvalue weighted by atomic mass is 16.4. The zero-order valence-corrected chi connectivity index (χ0v) is 10.9. The first-order valence-electron chi connectivity index (χ1n) is 6.82. The Kier molecular flexibility index (Phi) is 3.90. The van der Waals surface area contributed by atoms with Gasteiger partial charge >= 0.3 is 5.97 Å². The standard InChI is InChI=1S/C13H22N2O3/c1-9-4-6-13(7-5-9,12(17)18)15-11(16)10-3-2-8-14-10/h9-10,14H,2-8H2,1H3,(H,15,16)(H,17,18)/t9?,10-,13?/m0/s1. The number of rotatable bonds is 3. The Hall–Kier alpha value is -1.10. The van der Waals surface area contributed by atoms with Crippen LogP contribution in [0.25, 0.3) is 0 Å². The van der Waals surface area contributed by atoms with E-state index in [1.54, 1.807) is 0 Å². The fourth-order valence-corrected chi connectivity index (χ4v) is 2.88. The molecule has 1 amide bonds. The highest BCUT2D eigenvalue weighted by Gasteiger charge is 2.43. The molecule has 1 heterocycles. The Morgan fingerprint density at radius 1 is 1.28 bits per heavy atom. The molecular formula is C13H22N2O3. The summed E-state index contributed by atoms with van der Waals surface area (Å²) in [5.74, 6) is -0.482. The Labute approximate surface area is 107 Å². The van der Waals surface area contributed by atoms with Gasteiger partial charge in [0.05, 0.1) is 6.04 Å². The van der Waals surface area contributed by atoms with E-state index in [1.165, 1.54) is 0 Å². The third kappa shape index (κ3) is 2.66. The van der Waals surface area contributed by atoms with Gasteiger partial charge in [0.25, 0.3) is 0 Å². The molecule has 2 rings (SSSR count). The molecule has 2 fully saturated rings. The molecule has 0 radical (unpaired) electrons. The zero-order chi connectivity index (χ0) is 13.2. The Morgan fingerprint density at radius 3 is 2.44 bits per heavy atom. The molecular weight excluding hydrogens is 232 g/mol. The van der Waals surface area contributed by atoms with Crippen molar-refractivity contribution >= 4 is 11.9 Å². The molecule has 3 N–H and O–H groups in total. The molecule has 0 bridgehead atoms. The molecule has 0 aromatic rings. The average Bonchev–Trinajstić information content (AvgIpc) is 2.85. The summed E-state index contributed by atoms with van der Waals surface area (Å²) < 4.78 is 0. The van der Waals surface area contributed by atoms with Gasteiger partial charge in [-0.3, -0.25) is 4.79 Å². The maximum Gasteiger partial charge on any atom is 0.329 e. The normalized spacial score (nSPS) is 36.3. The first kappa shape index (κ1) is 13.3. The van der Waals surface area contributed by atoms with Crippen molar-refractivity contribution in [3.63, 3.8) is 0 Å². The molecule has 1 saturated carbocycles. The van der Waals surface area contributed by atoms with E-state index < -0.39 is 11.5 Å². The van der Waals surface area contributed by atoms with Crippen molar-refractivity contribution in [2.75, 3.05) is 6.54 Å². The second-order valence-electron chi connectivity index (χ2n) is 5.71. The van der Waals surface area contributed by atoms with E-state index in [2.05, 4.69) is 17.6 Å². The molecule has 5 nitrogen and oxygen atoms in total. The smallest absolute Gasteiger partial charge is 0.329 e. The number of amides is 1. The summed E-state index contributed by atoms with van der Waals surface area (Å²) in [7, 11) is 0. The Balaban J connectivity index is 2.01. The lowest BCUT2D eigenvalue weighted by Crippen LogP contribution is -2.59. The third-order valence-corrected chi connectivity index (χ3v) is 4.28. The average molecular weight is 254 g/mol. The number of aliphatic carboxylic acids is 1. The van der Waals surface area contributed by atoms with E-state index in [9.17, 15) is 14.7 Å². The fourth-order valence-electron chi connectivity index (χ4n) is 2.88. The highest BCUT2D eigenvalue weighted by Crippen LogP contribution is 2.32. The largest absolute Gasteiger partial charge is 0.480 e. The van der Waals surface area contributed by atoms with Gasteiger partial charge in [0.2, 0.25) is 5.91 Å². The predicted octanol–water partition coefficient (Wildman–Crippen LogP) is 0.888. The first-order valence-corrected chi connectivity index (χ1v) is 6.82. The van der Waals surface area contributed by atoms with Crippen LogP contribution in [-0.2, 0) is 9.59 Å². The summed E-state index contributed by atoms with van der Waals surface area (Å²) in [4.78, 5) is 23.6. The van der Waals surface area contributed by atoms with Gasteiger partial charge in [-0.2, -0.15) is 0 Å². The van der Waals surface area contributed by atoms with Crippen molar-refractivity contribution in [3.05, 3.63) is 0 Å². The second-order valence-corrected chi connectivity index (χ2v) is 5.71. The van der Waals surface area contributed by atoms with Crippen LogP contribution in [0.3, 0.4) is 0 Å². The van der Waals surface area contributed by atoms with E-state index in [1.807, 2.05) is 0 Å². The lowest BCUT2D eigenvalue weighted by Gasteiger charge is -2.37. The van der Waals surface area contributed by atoms with Crippen LogP contribution in [0, 0.1) is 5.92 Å². The summed E-state index contributed by atoms with van der Waals surface area (Å²) in [5, 5.41) is 15.3. The summed E-state index contributed by atoms with van der Waals surface area (Å²) in [6, 6.07) is -0.208. The Bertz CT molecular complexity index is 329. The number of carbonyl (C=O) groups excluding carboxylic acids is 1. The molecule has 102 valence electrons. The molecule has 0 aromatic carbocycles. The zero-order valence-electron chi connectivity index (χ0n) is 10.9. The fraction of sp³-hybridized carbons (Fsp3) is 0.846. The van der Waals surface area contributed by atoms with Crippen molar-refractivity contribution in [1.82, 2.24) is 10.6 Å². The highest BCUT2D eigenvalue weighted by molar-refractivity contribution is 5.89. The summed E-state index contributed by atoms with van der Waals surface area (Å²) >= 11 is 0. The lowest BCUT2D eigenvalue weighted by atomic mass is 9.77. The topological polar surface area (TPSA) is 78.4 Å². The molecule has 0 spiro atoms. The van der Waals surface area contributed by atoms with E-state index >= 15 is 0 Å². The molecule has 1 saturated heterocycles. The summed E-state index contributed by atoms with van der Waals surface area (Å²) in [6.45, 7) is 2.97. The third-order valence-electron chi connectivity index (χ3n) is 4.28. The number of carboxylic acid groups (broad SMARTS) is 1. The maximum absolute atomic E-state index is 12.1. The summed E-state index contributed by atoms with van der Waals surface area (Å²) in [5.41, 5.74) is -1.03. The number of carbonyl (C=O) groups is 2. The molecule has 1 atom stereocenters. The van der Waals surface area contributed by atoms with Gasteiger partial charge in [0, 0.05) is 0 Å². The van der Waals surface area contributed by atoms with Crippen molar-refractivity contribution in [2.45, 2.75) is 57.0 Å². The van der Waals surface area contributed by atoms with Crippen LogP contribution in [0.1, 0.15) is 45.4 Å². The van der Waals surface area contributed by atoms with Crippen LogP contribution in [0.15, 0.2) is 0 Å². The van der Waals surface area contributed by atoms with Gasteiger partial charge in [-0.15, -0.1) is 0 Å². The van der Waals surface area contributed by atoms with E-state index in [0.29, 0.717) is 18.8 Å². The van der Waals surface area contributed by atoms with Crippen LogP contribution in [0.4, 0.5) is 0 Å². The van der Waals surface area contributed by atoms with Crippen molar-refractivity contribution in [2.24, 2.45) is 5.92 Å². The van der Waals surface area contributed by atoms with Crippen LogP contribution in [0.2, 0.25) is 0 Å². The van der Waals surface area contributed by atoms with Crippen LogP contribution < -0.4 is 10.6 Å².